The van der Waals surface area contributed by atoms with Crippen molar-refractivity contribution in [2.75, 3.05) is 51.4 Å². The zero-order valence-electron chi connectivity index (χ0n) is 19.5. The van der Waals surface area contributed by atoms with E-state index in [2.05, 4.69) is 9.88 Å². The van der Waals surface area contributed by atoms with Gasteiger partial charge in [0.15, 0.2) is 5.13 Å². The fourth-order valence-corrected chi connectivity index (χ4v) is 4.89. The number of nitrogens with zero attached hydrogens (tertiary/aromatic N) is 5. The Hall–Kier alpha value is -2.82. The summed E-state index contributed by atoms with van der Waals surface area (Å²) in [4.78, 5) is 39.1. The van der Waals surface area contributed by atoms with Crippen LogP contribution < -0.4 is 15.2 Å². The Morgan fingerprint density at radius 2 is 2.00 bits per heavy atom. The first-order valence-electron chi connectivity index (χ1n) is 11.0. The van der Waals surface area contributed by atoms with Crippen LogP contribution in [0.4, 0.5) is 5.13 Å². The number of fused-ring (bicyclic) bond motifs is 1. The largest absolute Gasteiger partial charge is 0.494 e. The number of aromatic nitrogens is 3. The van der Waals surface area contributed by atoms with Crippen molar-refractivity contribution in [1.82, 2.24) is 19.4 Å². The molecule has 0 bridgehead atoms. The molecule has 33 heavy (non-hydrogen) atoms. The number of aryl methyl sites for hydroxylation is 2. The smallest absolute Gasteiger partial charge is 0.256 e. The van der Waals surface area contributed by atoms with E-state index in [1.54, 1.807) is 25.9 Å². The Morgan fingerprint density at radius 1 is 1.24 bits per heavy atom. The van der Waals surface area contributed by atoms with E-state index in [0.717, 1.165) is 28.9 Å². The van der Waals surface area contributed by atoms with Gasteiger partial charge in [0.25, 0.3) is 5.56 Å². The van der Waals surface area contributed by atoms with E-state index in [9.17, 15) is 9.59 Å². The highest BCUT2D eigenvalue weighted by Gasteiger charge is 2.24. The van der Waals surface area contributed by atoms with Gasteiger partial charge in [0, 0.05) is 37.4 Å². The predicted molar refractivity (Wildman–Crippen MR) is 128 cm³/mol. The van der Waals surface area contributed by atoms with Crippen LogP contribution in [0.2, 0.25) is 0 Å². The Balaban J connectivity index is 1.66. The first-order chi connectivity index (χ1) is 15.9. The summed E-state index contributed by atoms with van der Waals surface area (Å²) < 4.78 is 13.3. The lowest BCUT2D eigenvalue weighted by atomic mass is 10.2. The van der Waals surface area contributed by atoms with Crippen LogP contribution in [0.1, 0.15) is 16.8 Å². The molecule has 3 heterocycles. The van der Waals surface area contributed by atoms with Crippen LogP contribution in [0.5, 0.6) is 5.75 Å². The molecule has 4 rings (SSSR count). The molecule has 1 saturated heterocycles. The summed E-state index contributed by atoms with van der Waals surface area (Å²) in [6.07, 6.45) is 1.44. The van der Waals surface area contributed by atoms with E-state index in [-0.39, 0.29) is 18.0 Å². The van der Waals surface area contributed by atoms with E-state index >= 15 is 0 Å². The fraction of sp³-hybridized carbons (Fsp3) is 0.478. The maximum absolute atomic E-state index is 13.5. The van der Waals surface area contributed by atoms with Gasteiger partial charge in [0.2, 0.25) is 5.91 Å². The number of carbonyl (C=O) groups excluding carboxylic acids is 1. The van der Waals surface area contributed by atoms with Crippen LogP contribution in [-0.4, -0.2) is 71.8 Å². The quantitative estimate of drug-likeness (QED) is 0.522. The number of ether oxygens (including phenoxy) is 2. The average Bonchev–Trinajstić information content (AvgIpc) is 3.26. The topological polar surface area (TPSA) is 89.8 Å². The van der Waals surface area contributed by atoms with Crippen LogP contribution in [0.15, 0.2) is 23.3 Å². The number of hydrogen-bond donors (Lipinski definition) is 0. The summed E-state index contributed by atoms with van der Waals surface area (Å²) in [7, 11) is 1.61. The Bertz CT molecular complexity index is 1220. The lowest BCUT2D eigenvalue weighted by Crippen LogP contribution is -2.44. The van der Waals surface area contributed by atoms with Crippen molar-refractivity contribution in [3.63, 3.8) is 0 Å². The third kappa shape index (κ3) is 4.92. The van der Waals surface area contributed by atoms with Crippen molar-refractivity contribution in [1.29, 1.82) is 0 Å². The molecular formula is C23H29N5O4S. The second kappa shape index (κ2) is 9.98. The standard InChI is InChI=1S/C23H29N5O4S/c1-15-5-6-18(31-4)20-21(15)33-23(25-20)28(8-7-26-9-11-32-12-10-26)19(29)13-27-14-24-17(3)16(2)22(27)30/h5-6,14H,7-13H2,1-4H3. The Labute approximate surface area is 196 Å². The molecule has 0 atom stereocenters. The van der Waals surface area contributed by atoms with Crippen molar-refractivity contribution in [3.05, 3.63) is 45.6 Å². The zero-order chi connectivity index (χ0) is 23.5. The van der Waals surface area contributed by atoms with Gasteiger partial charge in [-0.1, -0.05) is 17.4 Å². The minimum absolute atomic E-state index is 0.0951. The Kier molecular flexibility index (Phi) is 7.06. The molecule has 2 aromatic heterocycles. The highest BCUT2D eigenvalue weighted by atomic mass is 32.1. The van der Waals surface area contributed by atoms with Crippen molar-refractivity contribution < 1.29 is 14.3 Å². The SMILES string of the molecule is COc1ccc(C)c2sc(N(CCN3CCOCC3)C(=O)Cn3cnc(C)c(C)c3=O)nc12. The van der Waals surface area contributed by atoms with Crippen LogP contribution in [0, 0.1) is 20.8 Å². The molecule has 0 aliphatic carbocycles. The first-order valence-corrected chi connectivity index (χ1v) is 11.8. The maximum Gasteiger partial charge on any atom is 0.256 e. The molecule has 0 unspecified atom stereocenters. The number of hydrogen-bond acceptors (Lipinski definition) is 8. The van der Waals surface area contributed by atoms with Crippen molar-refractivity contribution in [2.45, 2.75) is 27.3 Å². The summed E-state index contributed by atoms with van der Waals surface area (Å²) in [6, 6.07) is 3.88. The Morgan fingerprint density at radius 3 is 2.73 bits per heavy atom. The summed E-state index contributed by atoms with van der Waals surface area (Å²) >= 11 is 1.46. The molecule has 9 nitrogen and oxygen atoms in total. The summed E-state index contributed by atoms with van der Waals surface area (Å²) in [5.41, 5.74) is 2.83. The van der Waals surface area contributed by atoms with Crippen molar-refractivity contribution >= 4 is 32.6 Å². The lowest BCUT2D eigenvalue weighted by molar-refractivity contribution is -0.119. The molecular weight excluding hydrogens is 442 g/mol. The van der Waals surface area contributed by atoms with E-state index in [1.165, 1.54) is 22.2 Å². The minimum atomic E-state index is -0.203. The molecule has 0 spiro atoms. The van der Waals surface area contributed by atoms with Crippen LogP contribution >= 0.6 is 11.3 Å². The van der Waals surface area contributed by atoms with Gasteiger partial charge < -0.3 is 9.47 Å². The molecule has 176 valence electrons. The molecule has 1 aliphatic heterocycles. The number of anilines is 1. The van der Waals surface area contributed by atoms with Gasteiger partial charge in [0.05, 0.1) is 31.4 Å². The van der Waals surface area contributed by atoms with Gasteiger partial charge >= 0.3 is 0 Å². The number of thiazole rings is 1. The third-order valence-corrected chi connectivity index (χ3v) is 7.22. The summed E-state index contributed by atoms with van der Waals surface area (Å²) in [5.74, 6) is 0.472. The van der Waals surface area contributed by atoms with Crippen molar-refractivity contribution in [3.8, 4) is 5.75 Å². The molecule has 3 aromatic rings. The average molecular weight is 472 g/mol. The summed E-state index contributed by atoms with van der Waals surface area (Å²) in [6.45, 7) is 9.63. The monoisotopic (exact) mass is 471 g/mol. The maximum atomic E-state index is 13.5. The molecule has 1 aliphatic rings. The van der Waals surface area contributed by atoms with Crippen LogP contribution in [0.25, 0.3) is 10.2 Å². The van der Waals surface area contributed by atoms with Gasteiger partial charge in [-0.2, -0.15) is 0 Å². The molecule has 0 radical (unpaired) electrons. The van der Waals surface area contributed by atoms with Gasteiger partial charge in [-0.25, -0.2) is 9.97 Å². The fourth-order valence-electron chi connectivity index (χ4n) is 3.79. The lowest BCUT2D eigenvalue weighted by Gasteiger charge is -2.29. The number of morpholine rings is 1. The van der Waals surface area contributed by atoms with E-state index in [4.69, 9.17) is 14.5 Å². The summed E-state index contributed by atoms with van der Waals surface area (Å²) in [5, 5.41) is 0.598. The minimum Gasteiger partial charge on any atom is -0.494 e. The number of benzene rings is 1. The van der Waals surface area contributed by atoms with E-state index in [1.807, 2.05) is 19.1 Å². The van der Waals surface area contributed by atoms with Crippen molar-refractivity contribution in [2.24, 2.45) is 0 Å². The van der Waals surface area contributed by atoms with E-state index < -0.39 is 0 Å². The van der Waals surface area contributed by atoms with Gasteiger partial charge in [0.1, 0.15) is 17.8 Å². The molecule has 1 fully saturated rings. The molecule has 1 aromatic carbocycles. The normalized spacial score (nSPS) is 14.5. The number of carbonyl (C=O) groups is 1. The third-order valence-electron chi connectivity index (χ3n) is 6.01. The van der Waals surface area contributed by atoms with Crippen LogP contribution in [-0.2, 0) is 16.1 Å². The molecule has 0 saturated carbocycles. The van der Waals surface area contributed by atoms with Gasteiger partial charge in [-0.15, -0.1) is 0 Å². The van der Waals surface area contributed by atoms with Crippen LogP contribution in [0.3, 0.4) is 0 Å². The van der Waals surface area contributed by atoms with Gasteiger partial charge in [-0.05, 0) is 32.4 Å². The predicted octanol–water partition coefficient (Wildman–Crippen LogP) is 2.15. The van der Waals surface area contributed by atoms with E-state index in [0.29, 0.717) is 48.4 Å². The highest BCUT2D eigenvalue weighted by molar-refractivity contribution is 7.22. The number of amides is 1. The first kappa shape index (κ1) is 23.3. The molecule has 0 N–H and O–H groups in total. The highest BCUT2D eigenvalue weighted by Crippen LogP contribution is 2.36. The second-order valence-corrected chi connectivity index (χ2v) is 9.12. The van der Waals surface area contributed by atoms with Gasteiger partial charge in [-0.3, -0.25) is 24.0 Å². The number of methoxy groups -OCH3 is 1. The molecule has 10 heteroatoms. The zero-order valence-corrected chi connectivity index (χ0v) is 20.3. The second-order valence-electron chi connectivity index (χ2n) is 8.15. The number of rotatable bonds is 7. The molecule has 1 amide bonds.